The molecule has 0 amide bonds. The molecule has 2 aromatic rings. The van der Waals surface area contributed by atoms with Crippen LogP contribution >= 0.6 is 0 Å². The molecule has 2 N–H and O–H groups in total. The van der Waals surface area contributed by atoms with Crippen LogP contribution in [0.25, 0.3) is 11.3 Å². The number of aromatic nitrogens is 1. The average Bonchev–Trinajstić information content (AvgIpc) is 2.76. The first-order valence-electron chi connectivity index (χ1n) is 10.4. The summed E-state index contributed by atoms with van der Waals surface area (Å²) in [5.74, 6) is -3.82. The third-order valence-electron chi connectivity index (χ3n) is 5.69. The Balaban J connectivity index is 1.69. The zero-order valence-corrected chi connectivity index (χ0v) is 18.0. The van der Waals surface area contributed by atoms with Gasteiger partial charge in [0.2, 0.25) is 17.1 Å². The van der Waals surface area contributed by atoms with Gasteiger partial charge in [0.25, 0.3) is 0 Å². The lowest BCUT2D eigenvalue weighted by atomic mass is 9.55. The summed E-state index contributed by atoms with van der Waals surface area (Å²) in [6.45, 7) is 3.40. The van der Waals surface area contributed by atoms with Gasteiger partial charge in [0.15, 0.2) is 13.6 Å². The normalized spacial score (nSPS) is 19.8. The van der Waals surface area contributed by atoms with Crippen molar-refractivity contribution in [3.8, 4) is 28.6 Å². The molecule has 0 spiro atoms. The van der Waals surface area contributed by atoms with Crippen LogP contribution in [0.15, 0.2) is 23.0 Å². The smallest absolute Gasteiger partial charge is 0.241 e. The van der Waals surface area contributed by atoms with E-state index in [0.29, 0.717) is 49.6 Å². The number of rotatable bonds is 6. The Labute approximate surface area is 193 Å². The fourth-order valence-electron chi connectivity index (χ4n) is 3.90. The van der Waals surface area contributed by atoms with E-state index in [-0.39, 0.29) is 24.3 Å². The third kappa shape index (κ3) is 4.51. The largest absolute Gasteiger partial charge is 0.502 e. The summed E-state index contributed by atoms with van der Waals surface area (Å²) in [6.07, 6.45) is 0.150. The van der Waals surface area contributed by atoms with E-state index in [1.807, 2.05) is 0 Å². The summed E-state index contributed by atoms with van der Waals surface area (Å²) in [5, 5.41) is 17.1. The molecular weight excluding hydrogens is 430 g/mol. The van der Waals surface area contributed by atoms with Crippen molar-refractivity contribution in [2.45, 2.75) is 37.1 Å². The zero-order valence-electron chi connectivity index (χ0n) is 18.0. The highest BCUT2D eigenvalue weighted by Gasteiger charge is 2.40. The van der Waals surface area contributed by atoms with Crippen LogP contribution in [0, 0.1) is 6.92 Å². The third-order valence-corrected chi connectivity index (χ3v) is 5.69. The highest BCUT2D eigenvalue weighted by atomic mass is 19.2. The molecule has 0 bridgehead atoms. The van der Waals surface area contributed by atoms with Crippen molar-refractivity contribution in [2.75, 3.05) is 26.4 Å². The molecule has 2 atom stereocenters. The maximum Gasteiger partial charge on any atom is 0.241 e. The molecule has 3 heterocycles. The molecule has 1 unspecified atom stereocenters. The molecule has 33 heavy (non-hydrogen) atoms. The Hall–Kier alpha value is -2.43. The number of hydrogen-bond acceptors (Lipinski definition) is 7. The second-order valence-electron chi connectivity index (χ2n) is 8.12. The van der Waals surface area contributed by atoms with Crippen LogP contribution in [-0.4, -0.2) is 82.0 Å². The van der Waals surface area contributed by atoms with Crippen LogP contribution in [0.4, 0.5) is 4.39 Å². The summed E-state index contributed by atoms with van der Waals surface area (Å²) in [7, 11) is 15.8. The molecule has 12 heteroatoms. The van der Waals surface area contributed by atoms with Gasteiger partial charge < -0.3 is 33.7 Å². The van der Waals surface area contributed by atoms with Crippen molar-refractivity contribution < 1.29 is 33.6 Å². The number of hydrogen-bond donors (Lipinski definition) is 2. The molecule has 1 aromatic carbocycles. The molecular formula is C21H21B3FNO7. The van der Waals surface area contributed by atoms with E-state index in [4.69, 9.17) is 42.5 Å². The van der Waals surface area contributed by atoms with Gasteiger partial charge in [0, 0.05) is 17.7 Å². The highest BCUT2D eigenvalue weighted by Crippen LogP contribution is 2.39. The first-order valence-corrected chi connectivity index (χ1v) is 10.4. The highest BCUT2D eigenvalue weighted by molar-refractivity contribution is 6.43. The fourth-order valence-corrected chi connectivity index (χ4v) is 3.90. The number of nitrogens with zero attached hydrogens (tertiary/aromatic N) is 1. The molecule has 6 radical (unpaired) electrons. The molecule has 0 aliphatic carbocycles. The number of halogens is 1. The second kappa shape index (κ2) is 8.74. The number of benzene rings is 1. The van der Waals surface area contributed by atoms with Gasteiger partial charge in [-0.05, 0) is 37.1 Å². The number of alkyl halides is 1. The molecule has 8 nitrogen and oxygen atoms in total. The molecule has 1 saturated heterocycles. The van der Waals surface area contributed by atoms with Gasteiger partial charge in [-0.3, -0.25) is 4.79 Å². The van der Waals surface area contributed by atoms with E-state index in [1.165, 1.54) is 6.07 Å². The van der Waals surface area contributed by atoms with Crippen molar-refractivity contribution in [2.24, 2.45) is 0 Å². The second-order valence-corrected chi connectivity index (χ2v) is 8.12. The van der Waals surface area contributed by atoms with Crippen LogP contribution in [0.2, 0.25) is 0 Å². The lowest BCUT2D eigenvalue weighted by Crippen LogP contribution is -2.57. The number of pyridine rings is 1. The minimum atomic E-state index is -3.48. The molecule has 2 aliphatic rings. The quantitative estimate of drug-likeness (QED) is 0.599. The van der Waals surface area contributed by atoms with Gasteiger partial charge in [-0.15, -0.1) is 0 Å². The monoisotopic (exact) mass is 451 g/mol. The maximum absolute atomic E-state index is 13.6. The van der Waals surface area contributed by atoms with Crippen molar-refractivity contribution in [3.63, 3.8) is 0 Å². The van der Waals surface area contributed by atoms with Crippen molar-refractivity contribution >= 4 is 23.5 Å². The van der Waals surface area contributed by atoms with Crippen LogP contribution in [0.5, 0.6) is 17.4 Å². The standard InChI is InChI=1S/C21H21B3FNO7/c1-11-16-15-3-2-13(33-20(22,23)21(24,25)29)8-12(15)4-5-26(16)19(18(28)17(11)27)32-10-14-9-30-6-7-31-14/h2-3,8,14,28-29H,4-7,9-10H2,1H3/t14-,21?/m0/s1. The van der Waals surface area contributed by atoms with E-state index in [9.17, 15) is 19.4 Å². The Morgan fingerprint density at radius 2 is 2.06 bits per heavy atom. The number of aliphatic hydroxyl groups is 1. The topological polar surface area (TPSA) is 99.4 Å². The Morgan fingerprint density at radius 1 is 1.30 bits per heavy atom. The number of aromatic hydroxyl groups is 1. The molecule has 2 aliphatic heterocycles. The first kappa shape index (κ1) is 23.7. The first-order chi connectivity index (χ1) is 15.5. The number of aryl methyl sites for hydroxylation is 1. The van der Waals surface area contributed by atoms with Crippen LogP contribution in [0.1, 0.15) is 11.1 Å². The van der Waals surface area contributed by atoms with Gasteiger partial charge in [0.05, 0.1) is 30.9 Å². The molecule has 4 rings (SSSR count). The predicted octanol–water partition coefficient (Wildman–Crippen LogP) is 0.0333. The Morgan fingerprint density at radius 3 is 2.73 bits per heavy atom. The number of fused-ring (bicyclic) bond motifs is 3. The fraction of sp³-hybridized carbons (Fsp3) is 0.476. The summed E-state index contributed by atoms with van der Waals surface area (Å²) >= 11 is 0. The zero-order chi connectivity index (χ0) is 24.0. The lowest BCUT2D eigenvalue weighted by molar-refractivity contribution is -0.102. The summed E-state index contributed by atoms with van der Waals surface area (Å²) in [6, 6.07) is 4.67. The predicted molar refractivity (Wildman–Crippen MR) is 119 cm³/mol. The Bertz CT molecular complexity index is 1110. The summed E-state index contributed by atoms with van der Waals surface area (Å²) in [5.41, 5.74) is 1.78. The van der Waals surface area contributed by atoms with Gasteiger partial charge >= 0.3 is 0 Å². The van der Waals surface area contributed by atoms with E-state index >= 15 is 0 Å². The summed E-state index contributed by atoms with van der Waals surface area (Å²) < 4.78 is 37.3. The lowest BCUT2D eigenvalue weighted by Gasteiger charge is -2.36. The molecule has 1 aromatic heterocycles. The van der Waals surface area contributed by atoms with Crippen LogP contribution in [0.3, 0.4) is 0 Å². The van der Waals surface area contributed by atoms with E-state index in [2.05, 4.69) is 0 Å². The minimum absolute atomic E-state index is 0.0503. The summed E-state index contributed by atoms with van der Waals surface area (Å²) in [4.78, 5) is 12.7. The Kier molecular flexibility index (Phi) is 6.28. The average molecular weight is 451 g/mol. The van der Waals surface area contributed by atoms with E-state index < -0.39 is 22.3 Å². The van der Waals surface area contributed by atoms with Crippen molar-refractivity contribution in [1.29, 1.82) is 0 Å². The SMILES string of the molecule is [B]C(O)(F)C([B])([B])Oc1ccc2c(c1)CCn1c(OC[C@@H]3COCCO3)c(O)c(=O)c(C)c1-2. The van der Waals surface area contributed by atoms with Gasteiger partial charge in [-0.25, -0.2) is 4.39 Å². The van der Waals surface area contributed by atoms with Crippen molar-refractivity contribution in [3.05, 3.63) is 39.5 Å². The van der Waals surface area contributed by atoms with Crippen molar-refractivity contribution in [1.82, 2.24) is 4.57 Å². The van der Waals surface area contributed by atoms with E-state index in [0.717, 1.165) is 5.56 Å². The minimum Gasteiger partial charge on any atom is -0.502 e. The van der Waals surface area contributed by atoms with Gasteiger partial charge in [-0.2, -0.15) is 0 Å². The van der Waals surface area contributed by atoms with E-state index in [1.54, 1.807) is 23.6 Å². The van der Waals surface area contributed by atoms with Crippen LogP contribution < -0.4 is 14.9 Å². The van der Waals surface area contributed by atoms with Crippen LogP contribution in [-0.2, 0) is 22.4 Å². The molecule has 1 fully saturated rings. The van der Waals surface area contributed by atoms with Gasteiger partial charge in [0.1, 0.15) is 34.2 Å². The molecule has 168 valence electrons. The maximum atomic E-state index is 13.6. The number of ether oxygens (including phenoxy) is 4. The van der Waals surface area contributed by atoms with Gasteiger partial charge in [-0.1, -0.05) is 0 Å². The molecule has 0 saturated carbocycles.